The lowest BCUT2D eigenvalue weighted by Gasteiger charge is -2.11. The van der Waals surface area contributed by atoms with Gasteiger partial charge in [0.1, 0.15) is 0 Å². The van der Waals surface area contributed by atoms with Gasteiger partial charge in [0.05, 0.1) is 0 Å². The lowest BCUT2D eigenvalue weighted by molar-refractivity contribution is 0.429. The Labute approximate surface area is 658 Å². The second kappa shape index (κ2) is 100. The maximum absolute atomic E-state index is 2.54. The van der Waals surface area contributed by atoms with Gasteiger partial charge >= 0.3 is 0 Å². The van der Waals surface area contributed by atoms with Crippen LogP contribution in [0.25, 0.3) is 0 Å². The van der Waals surface area contributed by atoms with Gasteiger partial charge in [-0.25, -0.2) is 0 Å². The van der Waals surface area contributed by atoms with Crippen LogP contribution in [0.1, 0.15) is 656 Å². The molecule has 0 nitrogen and oxygen atoms in total. The molecule has 1 atom stereocenters. The van der Waals surface area contributed by atoms with Crippen molar-refractivity contribution < 1.29 is 0 Å². The first-order chi connectivity index (χ1) is 51.3. The summed E-state index contributed by atoms with van der Waals surface area (Å²) in [5.41, 5.74) is 0. The van der Waals surface area contributed by atoms with Crippen LogP contribution in [0.3, 0.4) is 0 Å². The van der Waals surface area contributed by atoms with Gasteiger partial charge in [-0.05, 0) is 5.92 Å². The molecule has 620 valence electrons. The molecule has 0 aromatic heterocycles. The molecule has 0 bridgehead atoms. The second-order valence-electron chi connectivity index (χ2n) is 36.3. The van der Waals surface area contributed by atoms with E-state index in [1.54, 1.807) is 0 Å². The Morgan fingerprint density at radius 1 is 0.0874 bits per heavy atom. The minimum atomic E-state index is 0.958. The van der Waals surface area contributed by atoms with Crippen molar-refractivity contribution in [1.82, 2.24) is 0 Å². The molecule has 103 heavy (non-hydrogen) atoms. The smallest absolute Gasteiger partial charge is 0.0443 e. The molecule has 0 saturated heterocycles. The second-order valence-corrected chi connectivity index (χ2v) is 36.3. The van der Waals surface area contributed by atoms with Gasteiger partial charge in [-0.2, -0.15) is 0 Å². The molecule has 0 aromatic carbocycles. The van der Waals surface area contributed by atoms with Gasteiger partial charge in [0, 0.05) is 0 Å². The summed E-state index contributed by atoms with van der Waals surface area (Å²) in [6, 6.07) is 0. The lowest BCUT2D eigenvalue weighted by Crippen LogP contribution is -1.95. The summed E-state index contributed by atoms with van der Waals surface area (Å²) in [4.78, 5) is 0. The van der Waals surface area contributed by atoms with Crippen molar-refractivity contribution in [3.8, 4) is 0 Å². The van der Waals surface area contributed by atoms with Gasteiger partial charge in [0.2, 0.25) is 0 Å². The first kappa shape index (κ1) is 103. The van der Waals surface area contributed by atoms with E-state index in [1.807, 2.05) is 0 Å². The van der Waals surface area contributed by atoms with Crippen molar-refractivity contribution >= 4 is 0 Å². The molecule has 0 fully saturated rings. The van der Waals surface area contributed by atoms with Gasteiger partial charge in [0.15, 0.2) is 0 Å². The summed E-state index contributed by atoms with van der Waals surface area (Å²) in [6.45, 7) is 7.18. The molecular weight excluding hydrogens is 1240 g/mol. The number of unbranched alkanes of at least 4 members (excludes halogenated alkanes) is 95. The molecule has 0 radical (unpaired) electrons. The molecule has 1 unspecified atom stereocenters. The molecule has 0 aliphatic carbocycles. The third-order valence-corrected chi connectivity index (χ3v) is 25.4. The quantitative estimate of drug-likeness (QED) is 0.0533. The molecular formula is C103H208. The van der Waals surface area contributed by atoms with Gasteiger partial charge in [-0.1, -0.05) is 656 Å². The van der Waals surface area contributed by atoms with Crippen LogP contribution in [0.2, 0.25) is 0 Å². The number of hydrogen-bond acceptors (Lipinski definition) is 0. The lowest BCUT2D eigenvalue weighted by atomic mass is 9.95. The number of rotatable bonds is 99. The van der Waals surface area contributed by atoms with E-state index in [0.29, 0.717) is 0 Å². The SMILES string of the molecule is CCCCCCCCCCCCCCCCCCCCCCCCCCCCCCCCCCCCCCCCCCCCCCCCCCCCCCC(C)CCCCCCCCCCCCCCCCCCCCCCCCCCCCCCCCCCCCCCCCCCCCCCC. The van der Waals surface area contributed by atoms with Crippen LogP contribution in [0.15, 0.2) is 0 Å². The van der Waals surface area contributed by atoms with Gasteiger partial charge in [-0.15, -0.1) is 0 Å². The van der Waals surface area contributed by atoms with Crippen LogP contribution in [-0.2, 0) is 0 Å². The van der Waals surface area contributed by atoms with Crippen molar-refractivity contribution in [2.45, 2.75) is 656 Å². The first-order valence-electron chi connectivity index (χ1n) is 51.3. The first-order valence-corrected chi connectivity index (χ1v) is 51.3. The molecule has 0 spiro atoms. The Balaban J connectivity index is 3.14. The largest absolute Gasteiger partial charge is 0.0654 e. The molecule has 0 N–H and O–H groups in total. The van der Waals surface area contributed by atoms with Crippen LogP contribution < -0.4 is 0 Å². The van der Waals surface area contributed by atoms with Gasteiger partial charge < -0.3 is 0 Å². The Hall–Kier alpha value is 0. The zero-order chi connectivity index (χ0) is 73.6. The summed E-state index contributed by atoms with van der Waals surface area (Å²) in [7, 11) is 0. The normalized spacial score (nSPS) is 12.1. The zero-order valence-corrected chi connectivity index (χ0v) is 73.6. The summed E-state index contributed by atoms with van der Waals surface area (Å²) in [6.07, 6.45) is 148. The number of hydrogen-bond donors (Lipinski definition) is 0. The van der Waals surface area contributed by atoms with Crippen molar-refractivity contribution in [2.75, 3.05) is 0 Å². The molecule has 0 heterocycles. The van der Waals surface area contributed by atoms with Crippen molar-refractivity contribution in [3.05, 3.63) is 0 Å². The van der Waals surface area contributed by atoms with E-state index in [0.717, 1.165) is 5.92 Å². The van der Waals surface area contributed by atoms with Crippen molar-refractivity contribution in [2.24, 2.45) is 5.92 Å². The highest BCUT2D eigenvalue weighted by Gasteiger charge is 2.06. The fourth-order valence-corrected chi connectivity index (χ4v) is 17.7. The minimum Gasteiger partial charge on any atom is -0.0654 e. The van der Waals surface area contributed by atoms with Crippen molar-refractivity contribution in [1.29, 1.82) is 0 Å². The average Bonchev–Trinajstić information content (AvgIpc) is 3.87. The average molecular weight is 1450 g/mol. The minimum absolute atomic E-state index is 0.958. The fourth-order valence-electron chi connectivity index (χ4n) is 17.7. The van der Waals surface area contributed by atoms with E-state index >= 15 is 0 Å². The third kappa shape index (κ3) is 100.0. The summed E-state index contributed by atoms with van der Waals surface area (Å²) >= 11 is 0. The van der Waals surface area contributed by atoms with Crippen LogP contribution in [0, 0.1) is 5.92 Å². The predicted molar refractivity (Wildman–Crippen MR) is 478 cm³/mol. The van der Waals surface area contributed by atoms with Gasteiger partial charge in [0.25, 0.3) is 0 Å². The van der Waals surface area contributed by atoms with E-state index in [1.165, 1.54) is 636 Å². The van der Waals surface area contributed by atoms with Crippen LogP contribution in [0.5, 0.6) is 0 Å². The standard InChI is InChI=1S/C103H208/c1-4-6-8-10-12-14-16-18-20-22-24-26-28-30-32-34-36-38-40-42-44-46-48-50-51-52-53-54-55-56-58-60-62-64-66-68-70-72-74-76-78-80-82-84-86-88-90-92-94-96-98-100-102-103(3)101-99-97-95-93-91-89-87-85-83-81-79-77-75-73-71-69-67-65-63-61-59-57-49-47-45-43-41-39-37-35-33-31-29-27-25-23-21-19-17-15-13-11-9-7-5-2/h103H,4-102H2,1-3H3. The summed E-state index contributed by atoms with van der Waals surface area (Å²) in [5, 5.41) is 0. The van der Waals surface area contributed by atoms with E-state index in [4.69, 9.17) is 0 Å². The van der Waals surface area contributed by atoms with E-state index in [-0.39, 0.29) is 0 Å². The van der Waals surface area contributed by atoms with Gasteiger partial charge in [-0.3, -0.25) is 0 Å². The van der Waals surface area contributed by atoms with E-state index in [2.05, 4.69) is 20.8 Å². The summed E-state index contributed by atoms with van der Waals surface area (Å²) in [5.74, 6) is 0.958. The zero-order valence-electron chi connectivity index (χ0n) is 73.6. The maximum atomic E-state index is 2.54. The van der Waals surface area contributed by atoms with Crippen LogP contribution >= 0.6 is 0 Å². The molecule has 0 aliphatic rings. The van der Waals surface area contributed by atoms with E-state index in [9.17, 15) is 0 Å². The third-order valence-electron chi connectivity index (χ3n) is 25.4. The van der Waals surface area contributed by atoms with Crippen LogP contribution in [0.4, 0.5) is 0 Å². The van der Waals surface area contributed by atoms with Crippen LogP contribution in [-0.4, -0.2) is 0 Å². The highest BCUT2D eigenvalue weighted by Crippen LogP contribution is 2.25. The summed E-state index contributed by atoms with van der Waals surface area (Å²) < 4.78 is 0. The Morgan fingerprint density at radius 2 is 0.146 bits per heavy atom. The van der Waals surface area contributed by atoms with Crippen molar-refractivity contribution in [3.63, 3.8) is 0 Å². The Bertz CT molecular complexity index is 1360. The topological polar surface area (TPSA) is 0 Å². The Morgan fingerprint density at radius 3 is 0.214 bits per heavy atom. The predicted octanol–water partition coefficient (Wildman–Crippen LogP) is 40.3. The maximum Gasteiger partial charge on any atom is -0.0443 e. The van der Waals surface area contributed by atoms with E-state index < -0.39 is 0 Å². The molecule has 0 heteroatoms. The Kier molecular flexibility index (Phi) is 100. The monoisotopic (exact) mass is 1450 g/mol. The molecule has 0 amide bonds. The highest BCUT2D eigenvalue weighted by atomic mass is 14.1. The molecule has 0 saturated carbocycles. The molecule has 0 aromatic rings. The highest BCUT2D eigenvalue weighted by molar-refractivity contribution is 4.61. The molecule has 0 aliphatic heterocycles. The fraction of sp³-hybridized carbons (Fsp3) is 1.00. The molecule has 0 rings (SSSR count).